The van der Waals surface area contributed by atoms with Crippen LogP contribution in [0.25, 0.3) is 11.3 Å². The Morgan fingerprint density at radius 2 is 1.83 bits per heavy atom. The smallest absolute Gasteiger partial charge is 0.263 e. The van der Waals surface area contributed by atoms with Crippen molar-refractivity contribution >= 4 is 28.1 Å². The van der Waals surface area contributed by atoms with E-state index in [0.717, 1.165) is 21.3 Å². The highest BCUT2D eigenvalue weighted by atomic mass is 79.9. The van der Waals surface area contributed by atoms with Gasteiger partial charge in [0.1, 0.15) is 5.75 Å². The Bertz CT molecular complexity index is 834. The molecular formula is C17H14BrN5O. The summed E-state index contributed by atoms with van der Waals surface area (Å²) < 4.78 is 6.17. The Kier molecular flexibility index (Phi) is 5.12. The van der Waals surface area contributed by atoms with E-state index in [1.165, 1.54) is 0 Å². The third-order valence-corrected chi connectivity index (χ3v) is 3.72. The van der Waals surface area contributed by atoms with Gasteiger partial charge in [-0.05, 0) is 42.0 Å². The first-order valence-corrected chi connectivity index (χ1v) is 7.93. The lowest BCUT2D eigenvalue weighted by molar-refractivity contribution is 0.415. The van der Waals surface area contributed by atoms with Crippen molar-refractivity contribution in [3.05, 3.63) is 64.8 Å². The summed E-state index contributed by atoms with van der Waals surface area (Å²) in [5.41, 5.74) is 5.38. The highest BCUT2D eigenvalue weighted by Gasteiger charge is 2.03. The Morgan fingerprint density at radius 1 is 1.08 bits per heavy atom. The van der Waals surface area contributed by atoms with Crippen molar-refractivity contribution in [2.24, 2.45) is 5.10 Å². The summed E-state index contributed by atoms with van der Waals surface area (Å²) in [7, 11) is 1.63. The minimum absolute atomic E-state index is 0.330. The van der Waals surface area contributed by atoms with Gasteiger partial charge in [-0.2, -0.15) is 10.2 Å². The minimum atomic E-state index is 0.330. The van der Waals surface area contributed by atoms with Crippen LogP contribution in [-0.2, 0) is 0 Å². The van der Waals surface area contributed by atoms with Crippen LogP contribution in [0.2, 0.25) is 0 Å². The van der Waals surface area contributed by atoms with E-state index in [2.05, 4.69) is 41.6 Å². The summed E-state index contributed by atoms with van der Waals surface area (Å²) in [6.07, 6.45) is 3.29. The first kappa shape index (κ1) is 16.1. The average molecular weight is 384 g/mol. The van der Waals surface area contributed by atoms with Gasteiger partial charge in [-0.3, -0.25) is 0 Å². The van der Waals surface area contributed by atoms with Gasteiger partial charge in [-0.25, -0.2) is 10.4 Å². The van der Waals surface area contributed by atoms with E-state index in [-0.39, 0.29) is 0 Å². The molecule has 3 aromatic rings. The lowest BCUT2D eigenvalue weighted by atomic mass is 10.1. The summed E-state index contributed by atoms with van der Waals surface area (Å²) in [6, 6.07) is 15.4. The van der Waals surface area contributed by atoms with Crippen LogP contribution in [0.3, 0.4) is 0 Å². The number of halogens is 1. The van der Waals surface area contributed by atoms with E-state index in [0.29, 0.717) is 11.6 Å². The van der Waals surface area contributed by atoms with Gasteiger partial charge >= 0.3 is 0 Å². The highest BCUT2D eigenvalue weighted by Crippen LogP contribution is 2.20. The Balaban J connectivity index is 1.71. The van der Waals surface area contributed by atoms with Crippen molar-refractivity contribution in [3.63, 3.8) is 0 Å². The van der Waals surface area contributed by atoms with Crippen LogP contribution in [0.15, 0.2) is 64.3 Å². The fourth-order valence-electron chi connectivity index (χ4n) is 1.97. The molecule has 0 unspecified atom stereocenters. The summed E-state index contributed by atoms with van der Waals surface area (Å²) in [6.45, 7) is 0. The van der Waals surface area contributed by atoms with Crippen molar-refractivity contribution in [3.8, 4) is 17.0 Å². The van der Waals surface area contributed by atoms with Crippen LogP contribution >= 0.6 is 15.9 Å². The van der Waals surface area contributed by atoms with Crippen LogP contribution in [-0.4, -0.2) is 28.5 Å². The van der Waals surface area contributed by atoms with Gasteiger partial charge in [0.2, 0.25) is 0 Å². The number of ether oxygens (including phenoxy) is 1. The monoisotopic (exact) mass is 383 g/mol. The third-order valence-electron chi connectivity index (χ3n) is 3.19. The largest absolute Gasteiger partial charge is 0.497 e. The van der Waals surface area contributed by atoms with Crippen LogP contribution in [0.5, 0.6) is 5.75 Å². The molecule has 0 aliphatic rings. The zero-order chi connectivity index (χ0) is 16.8. The Morgan fingerprint density at radius 3 is 2.54 bits per heavy atom. The van der Waals surface area contributed by atoms with Gasteiger partial charge < -0.3 is 4.74 Å². The molecule has 0 radical (unpaired) electrons. The average Bonchev–Trinajstić information content (AvgIpc) is 2.64. The zero-order valence-electron chi connectivity index (χ0n) is 12.8. The summed E-state index contributed by atoms with van der Waals surface area (Å²) in [4.78, 5) is 4.40. The molecule has 2 aromatic carbocycles. The normalized spacial score (nSPS) is 10.8. The molecule has 3 rings (SSSR count). The minimum Gasteiger partial charge on any atom is -0.497 e. The van der Waals surface area contributed by atoms with Crippen molar-refractivity contribution in [1.29, 1.82) is 0 Å². The highest BCUT2D eigenvalue weighted by molar-refractivity contribution is 9.10. The van der Waals surface area contributed by atoms with Crippen molar-refractivity contribution < 1.29 is 4.74 Å². The predicted molar refractivity (Wildman–Crippen MR) is 97.2 cm³/mol. The lowest BCUT2D eigenvalue weighted by Gasteiger charge is -2.04. The van der Waals surface area contributed by atoms with E-state index in [1.54, 1.807) is 19.5 Å². The number of methoxy groups -OCH3 is 1. The van der Waals surface area contributed by atoms with Crippen LogP contribution in [0, 0.1) is 0 Å². The van der Waals surface area contributed by atoms with Crippen LogP contribution < -0.4 is 10.2 Å². The molecule has 0 fully saturated rings. The van der Waals surface area contributed by atoms with E-state index >= 15 is 0 Å². The van der Waals surface area contributed by atoms with Crippen LogP contribution in [0.1, 0.15) is 5.56 Å². The molecule has 0 bridgehead atoms. The molecule has 0 amide bonds. The molecule has 1 heterocycles. The number of nitrogens with one attached hydrogen (secondary N) is 1. The predicted octanol–water partition coefficient (Wildman–Crippen LogP) is 3.76. The second-order valence-electron chi connectivity index (χ2n) is 4.82. The molecule has 1 N–H and O–H groups in total. The fourth-order valence-corrected chi connectivity index (χ4v) is 2.23. The van der Waals surface area contributed by atoms with E-state index in [9.17, 15) is 0 Å². The molecule has 7 heteroatoms. The molecule has 0 aliphatic heterocycles. The molecule has 0 atom stereocenters. The van der Waals surface area contributed by atoms with Gasteiger partial charge in [-0.15, -0.1) is 5.10 Å². The van der Waals surface area contributed by atoms with E-state index in [1.807, 2.05) is 48.5 Å². The van der Waals surface area contributed by atoms with Gasteiger partial charge in [0, 0.05) is 10.0 Å². The molecular weight excluding hydrogens is 370 g/mol. The van der Waals surface area contributed by atoms with Crippen molar-refractivity contribution in [2.75, 3.05) is 12.5 Å². The number of hydrogen-bond donors (Lipinski definition) is 1. The molecule has 1 aromatic heterocycles. The molecule has 6 nitrogen and oxygen atoms in total. The maximum Gasteiger partial charge on any atom is 0.263 e. The zero-order valence-corrected chi connectivity index (χ0v) is 14.4. The van der Waals surface area contributed by atoms with Gasteiger partial charge in [-0.1, -0.05) is 28.1 Å². The van der Waals surface area contributed by atoms with Crippen molar-refractivity contribution in [1.82, 2.24) is 15.2 Å². The summed E-state index contributed by atoms with van der Waals surface area (Å²) >= 11 is 3.39. The summed E-state index contributed by atoms with van der Waals surface area (Å²) in [5, 5.41) is 12.0. The van der Waals surface area contributed by atoms with Crippen LogP contribution in [0.4, 0.5) is 5.95 Å². The lowest BCUT2D eigenvalue weighted by Crippen LogP contribution is -2.00. The van der Waals surface area contributed by atoms with Gasteiger partial charge in [0.15, 0.2) is 0 Å². The number of anilines is 1. The second kappa shape index (κ2) is 7.65. The third kappa shape index (κ3) is 4.14. The number of aromatic nitrogens is 3. The number of nitrogens with zero attached hydrogens (tertiary/aromatic N) is 4. The van der Waals surface area contributed by atoms with E-state index in [4.69, 9.17) is 4.74 Å². The van der Waals surface area contributed by atoms with Crippen molar-refractivity contribution in [2.45, 2.75) is 0 Å². The molecule has 0 aliphatic carbocycles. The van der Waals surface area contributed by atoms with Gasteiger partial charge in [0.25, 0.3) is 5.95 Å². The SMILES string of the molecule is COc1ccc(-c2cnnc(NN=Cc3ccc(Br)cc3)n2)cc1. The number of hydrazone groups is 1. The maximum absolute atomic E-state index is 5.15. The number of benzene rings is 2. The standard InChI is InChI=1S/C17H14BrN5O/c1-24-15-8-4-13(5-9-15)16-11-20-23-17(21-16)22-19-10-12-2-6-14(18)7-3-12/h2-11H,1H3,(H,21,22,23). The second-order valence-corrected chi connectivity index (χ2v) is 5.73. The molecule has 120 valence electrons. The molecule has 0 saturated heterocycles. The first-order chi connectivity index (χ1) is 11.7. The first-order valence-electron chi connectivity index (χ1n) is 7.13. The topological polar surface area (TPSA) is 72.3 Å². The Labute approximate surface area is 147 Å². The number of hydrogen-bond acceptors (Lipinski definition) is 6. The van der Waals surface area contributed by atoms with Gasteiger partial charge in [0.05, 0.1) is 25.2 Å². The van der Waals surface area contributed by atoms with E-state index < -0.39 is 0 Å². The quantitative estimate of drug-likeness (QED) is 0.536. The Hall–Kier alpha value is -2.80. The molecule has 0 saturated carbocycles. The fraction of sp³-hybridized carbons (Fsp3) is 0.0588. The summed E-state index contributed by atoms with van der Waals surface area (Å²) in [5.74, 6) is 1.12. The molecule has 0 spiro atoms. The number of rotatable bonds is 5. The maximum atomic E-state index is 5.15. The molecule has 24 heavy (non-hydrogen) atoms.